The molecule has 1 rings (SSSR count). The Balaban J connectivity index is 2.11. The molecule has 4 heteroatoms. The highest BCUT2D eigenvalue weighted by atomic mass is 32.1. The lowest BCUT2D eigenvalue weighted by molar-refractivity contribution is -0.131. The van der Waals surface area contributed by atoms with E-state index in [1.165, 1.54) is 12.0 Å². The molecule has 1 aromatic rings. The van der Waals surface area contributed by atoms with Crippen molar-refractivity contribution in [2.24, 2.45) is 0 Å². The average molecular weight is 199 g/mol. The van der Waals surface area contributed by atoms with E-state index in [0.717, 1.165) is 12.8 Å². The molecule has 0 fully saturated rings. The van der Waals surface area contributed by atoms with Gasteiger partial charge < -0.3 is 0 Å². The van der Waals surface area contributed by atoms with Crippen LogP contribution in [0, 0.1) is 0 Å². The fourth-order valence-corrected chi connectivity index (χ4v) is 1.79. The highest BCUT2D eigenvalue weighted by Crippen LogP contribution is 2.11. The van der Waals surface area contributed by atoms with Crippen LogP contribution in [-0.2, 0) is 16.1 Å². The van der Waals surface area contributed by atoms with Crippen molar-refractivity contribution in [3.63, 3.8) is 0 Å². The van der Waals surface area contributed by atoms with Crippen LogP contribution in [0.2, 0.25) is 0 Å². The zero-order chi connectivity index (χ0) is 9.52. The molecule has 0 aliphatic heterocycles. The molecule has 0 atom stereocenters. The van der Waals surface area contributed by atoms with Gasteiger partial charge in [-0.3, -0.25) is 9.63 Å². The maximum atomic E-state index is 10.9. The van der Waals surface area contributed by atoms with Crippen LogP contribution in [0.3, 0.4) is 0 Å². The zero-order valence-electron chi connectivity index (χ0n) is 7.58. The topological polar surface area (TPSA) is 38.3 Å². The minimum Gasteiger partial charge on any atom is -0.277 e. The van der Waals surface area contributed by atoms with Gasteiger partial charge >= 0.3 is 0 Å². The predicted octanol–water partition coefficient (Wildman–Crippen LogP) is 1.75. The lowest BCUT2D eigenvalue weighted by atomic mass is 10.2. The third kappa shape index (κ3) is 4.05. The van der Waals surface area contributed by atoms with E-state index < -0.39 is 0 Å². The molecule has 0 bridgehead atoms. The highest BCUT2D eigenvalue weighted by molar-refractivity contribution is 7.09. The molecular formula is C9H13NO2S. The van der Waals surface area contributed by atoms with E-state index in [1.54, 1.807) is 11.3 Å². The van der Waals surface area contributed by atoms with E-state index in [4.69, 9.17) is 0 Å². The van der Waals surface area contributed by atoms with E-state index in [9.17, 15) is 4.79 Å². The number of hydrogen-bond donors (Lipinski definition) is 1. The second-order valence-electron chi connectivity index (χ2n) is 2.66. The van der Waals surface area contributed by atoms with Gasteiger partial charge in [-0.15, -0.1) is 11.3 Å². The Hall–Kier alpha value is -0.870. The van der Waals surface area contributed by atoms with Gasteiger partial charge in [-0.25, -0.2) is 5.48 Å². The minimum absolute atomic E-state index is 0.0564. The lowest BCUT2D eigenvalue weighted by Gasteiger charge is -2.00. The van der Waals surface area contributed by atoms with Crippen molar-refractivity contribution in [3.8, 4) is 0 Å². The van der Waals surface area contributed by atoms with Crippen molar-refractivity contribution < 1.29 is 9.63 Å². The third-order valence-electron chi connectivity index (χ3n) is 1.62. The Bertz CT molecular complexity index is 246. The standard InChI is InChI=1S/C9H13NO2S/c1-12-10-9(11)6-2-4-8-5-3-7-13-8/h3,5,7H,2,4,6H2,1H3,(H,10,11). The quantitative estimate of drug-likeness (QED) is 0.734. The lowest BCUT2D eigenvalue weighted by Crippen LogP contribution is -2.21. The normalized spacial score (nSPS) is 9.92. The van der Waals surface area contributed by atoms with E-state index >= 15 is 0 Å². The van der Waals surface area contributed by atoms with Crippen LogP contribution < -0.4 is 5.48 Å². The number of hydroxylamine groups is 1. The molecule has 0 saturated carbocycles. The summed E-state index contributed by atoms with van der Waals surface area (Å²) in [5, 5.41) is 2.05. The predicted molar refractivity (Wildman–Crippen MR) is 52.4 cm³/mol. The SMILES string of the molecule is CONC(=O)CCCc1cccs1. The van der Waals surface area contributed by atoms with Crippen LogP contribution in [0.15, 0.2) is 17.5 Å². The summed E-state index contributed by atoms with van der Waals surface area (Å²) < 4.78 is 0. The van der Waals surface area contributed by atoms with Crippen molar-refractivity contribution in [1.29, 1.82) is 0 Å². The van der Waals surface area contributed by atoms with E-state index in [-0.39, 0.29) is 5.91 Å². The van der Waals surface area contributed by atoms with Crippen LogP contribution in [0.25, 0.3) is 0 Å². The molecule has 13 heavy (non-hydrogen) atoms. The first-order valence-corrected chi connectivity index (χ1v) is 5.05. The molecule has 3 nitrogen and oxygen atoms in total. The maximum Gasteiger partial charge on any atom is 0.243 e. The number of amides is 1. The number of aryl methyl sites for hydroxylation is 1. The molecule has 0 aromatic carbocycles. The van der Waals surface area contributed by atoms with Gasteiger partial charge in [0.1, 0.15) is 0 Å². The number of nitrogens with one attached hydrogen (secondary N) is 1. The molecule has 1 N–H and O–H groups in total. The third-order valence-corrected chi connectivity index (χ3v) is 2.56. The summed E-state index contributed by atoms with van der Waals surface area (Å²) in [5.74, 6) is -0.0564. The number of carbonyl (C=O) groups excluding carboxylic acids is 1. The highest BCUT2D eigenvalue weighted by Gasteiger charge is 2.00. The van der Waals surface area contributed by atoms with Gasteiger partial charge in [-0.1, -0.05) is 6.07 Å². The van der Waals surface area contributed by atoms with E-state index in [0.29, 0.717) is 6.42 Å². The van der Waals surface area contributed by atoms with Gasteiger partial charge in [0, 0.05) is 11.3 Å². The zero-order valence-corrected chi connectivity index (χ0v) is 8.39. The summed E-state index contributed by atoms with van der Waals surface area (Å²) in [6.07, 6.45) is 2.36. The van der Waals surface area contributed by atoms with Crippen molar-refractivity contribution in [3.05, 3.63) is 22.4 Å². The summed E-state index contributed by atoms with van der Waals surface area (Å²) in [6, 6.07) is 4.11. The molecule has 1 aromatic heterocycles. The summed E-state index contributed by atoms with van der Waals surface area (Å²) >= 11 is 1.72. The molecule has 1 amide bonds. The Morgan fingerprint density at radius 1 is 1.69 bits per heavy atom. The first kappa shape index (κ1) is 10.2. The van der Waals surface area contributed by atoms with Gasteiger partial charge in [0.2, 0.25) is 5.91 Å². The van der Waals surface area contributed by atoms with Crippen LogP contribution in [0.1, 0.15) is 17.7 Å². The molecule has 1 heterocycles. The largest absolute Gasteiger partial charge is 0.277 e. The summed E-state index contributed by atoms with van der Waals surface area (Å²) in [4.78, 5) is 16.8. The molecule has 0 aliphatic rings. The Kier molecular flexibility index (Phi) is 4.49. The molecule has 0 spiro atoms. The first-order chi connectivity index (χ1) is 6.33. The number of hydrogen-bond acceptors (Lipinski definition) is 3. The van der Waals surface area contributed by atoms with Crippen LogP contribution in [-0.4, -0.2) is 13.0 Å². The Labute approximate surface area is 81.7 Å². The van der Waals surface area contributed by atoms with Gasteiger partial charge in [0.25, 0.3) is 0 Å². The monoisotopic (exact) mass is 199 g/mol. The fraction of sp³-hybridized carbons (Fsp3) is 0.444. The smallest absolute Gasteiger partial charge is 0.243 e. The van der Waals surface area contributed by atoms with Crippen molar-refractivity contribution >= 4 is 17.2 Å². The average Bonchev–Trinajstić information content (AvgIpc) is 2.57. The van der Waals surface area contributed by atoms with Gasteiger partial charge in [-0.2, -0.15) is 0 Å². The van der Waals surface area contributed by atoms with Gasteiger partial charge in [0.05, 0.1) is 7.11 Å². The molecule has 0 unspecified atom stereocenters. The molecule has 0 aliphatic carbocycles. The van der Waals surface area contributed by atoms with E-state index in [2.05, 4.69) is 16.4 Å². The Morgan fingerprint density at radius 3 is 3.15 bits per heavy atom. The first-order valence-electron chi connectivity index (χ1n) is 4.17. The fourth-order valence-electron chi connectivity index (χ4n) is 1.04. The second-order valence-corrected chi connectivity index (χ2v) is 3.69. The Morgan fingerprint density at radius 2 is 2.54 bits per heavy atom. The van der Waals surface area contributed by atoms with E-state index in [1.807, 2.05) is 11.4 Å². The molecule has 72 valence electrons. The van der Waals surface area contributed by atoms with Crippen molar-refractivity contribution in [2.75, 3.05) is 7.11 Å². The van der Waals surface area contributed by atoms with Gasteiger partial charge in [-0.05, 0) is 24.3 Å². The number of rotatable bonds is 5. The molecule has 0 saturated heterocycles. The van der Waals surface area contributed by atoms with Gasteiger partial charge in [0.15, 0.2) is 0 Å². The maximum absolute atomic E-state index is 10.9. The van der Waals surface area contributed by atoms with Crippen LogP contribution in [0.5, 0.6) is 0 Å². The summed E-state index contributed by atoms with van der Waals surface area (Å²) in [6.45, 7) is 0. The van der Waals surface area contributed by atoms with Crippen molar-refractivity contribution in [1.82, 2.24) is 5.48 Å². The van der Waals surface area contributed by atoms with Crippen molar-refractivity contribution in [2.45, 2.75) is 19.3 Å². The second kappa shape index (κ2) is 5.72. The van der Waals surface area contributed by atoms with Crippen LogP contribution in [0.4, 0.5) is 0 Å². The summed E-state index contributed by atoms with van der Waals surface area (Å²) in [5.41, 5.74) is 2.29. The number of thiophene rings is 1. The number of carbonyl (C=O) groups is 1. The summed E-state index contributed by atoms with van der Waals surface area (Å²) in [7, 11) is 1.44. The minimum atomic E-state index is -0.0564. The van der Waals surface area contributed by atoms with Crippen LogP contribution >= 0.6 is 11.3 Å². The molecular weight excluding hydrogens is 186 g/mol. The molecule has 0 radical (unpaired) electrons.